The molecule has 0 bridgehead atoms. The summed E-state index contributed by atoms with van der Waals surface area (Å²) in [7, 11) is 0. The molecule has 0 aromatic heterocycles. The lowest BCUT2D eigenvalue weighted by molar-refractivity contribution is 0.229. The monoisotopic (exact) mass is 311 g/mol. The van der Waals surface area contributed by atoms with E-state index in [4.69, 9.17) is 5.11 Å². The molecule has 2 amide bonds. The van der Waals surface area contributed by atoms with Crippen molar-refractivity contribution in [2.24, 2.45) is 0 Å². The van der Waals surface area contributed by atoms with Crippen LogP contribution in [0.4, 0.5) is 21.9 Å². The van der Waals surface area contributed by atoms with E-state index in [1.165, 1.54) is 11.3 Å². The number of nitrogens with zero attached hydrogens (tertiary/aromatic N) is 1. The number of rotatable bonds is 4. The van der Waals surface area contributed by atoms with Crippen molar-refractivity contribution in [3.8, 4) is 0 Å². The lowest BCUT2D eigenvalue weighted by Crippen LogP contribution is -2.38. The molecule has 1 aliphatic rings. The second-order valence-corrected chi connectivity index (χ2v) is 5.73. The Bertz CT molecular complexity index is 702. The molecule has 120 valence electrons. The Morgan fingerprint density at radius 1 is 1.17 bits per heavy atom. The minimum absolute atomic E-state index is 0.0887. The molecule has 2 aromatic carbocycles. The van der Waals surface area contributed by atoms with Crippen LogP contribution in [0.25, 0.3) is 0 Å². The van der Waals surface area contributed by atoms with Crippen molar-refractivity contribution in [3.05, 3.63) is 54.1 Å². The predicted molar refractivity (Wildman–Crippen MR) is 92.3 cm³/mol. The van der Waals surface area contributed by atoms with E-state index in [-0.39, 0.29) is 18.7 Å². The molecular formula is C18H21N3O2. The maximum atomic E-state index is 12.0. The Kier molecular flexibility index (Phi) is 4.48. The first-order valence-electron chi connectivity index (χ1n) is 7.82. The second-order valence-electron chi connectivity index (χ2n) is 5.73. The summed E-state index contributed by atoms with van der Waals surface area (Å²) in [5.41, 5.74) is 4.24. The number of carbonyl (C=O) groups excluding carboxylic acids is 1. The van der Waals surface area contributed by atoms with Crippen LogP contribution < -0.4 is 15.5 Å². The topological polar surface area (TPSA) is 64.6 Å². The number of hydrogen-bond acceptors (Lipinski definition) is 3. The average molecular weight is 311 g/mol. The molecule has 0 radical (unpaired) electrons. The molecule has 5 nitrogen and oxygen atoms in total. The quantitative estimate of drug-likeness (QED) is 0.813. The van der Waals surface area contributed by atoms with Gasteiger partial charge in [0.05, 0.1) is 24.0 Å². The van der Waals surface area contributed by atoms with Gasteiger partial charge in [-0.05, 0) is 37.1 Å². The lowest BCUT2D eigenvalue weighted by atomic mass is 10.2. The summed E-state index contributed by atoms with van der Waals surface area (Å²) in [5, 5.41) is 14.6. The second kappa shape index (κ2) is 6.71. The Morgan fingerprint density at radius 2 is 1.87 bits per heavy atom. The normalized spacial score (nSPS) is 14.3. The van der Waals surface area contributed by atoms with Gasteiger partial charge in [-0.1, -0.05) is 30.3 Å². The first kappa shape index (κ1) is 15.4. The molecule has 2 aromatic rings. The minimum atomic E-state index is -0.313. The molecule has 0 unspecified atom stereocenters. The average Bonchev–Trinajstić information content (AvgIpc) is 2.99. The number of aliphatic hydroxyl groups excluding tert-OH is 1. The number of carbonyl (C=O) groups is 1. The van der Waals surface area contributed by atoms with Gasteiger partial charge in [-0.25, -0.2) is 4.79 Å². The number of urea groups is 1. The molecule has 3 N–H and O–H groups in total. The zero-order chi connectivity index (χ0) is 16.2. The highest BCUT2D eigenvalue weighted by molar-refractivity contribution is 5.94. The number of amides is 2. The molecule has 0 saturated carbocycles. The van der Waals surface area contributed by atoms with Crippen LogP contribution in [0.15, 0.2) is 48.5 Å². The van der Waals surface area contributed by atoms with E-state index < -0.39 is 0 Å². The van der Waals surface area contributed by atoms with Crippen LogP contribution in [0.5, 0.6) is 0 Å². The Hall–Kier alpha value is -2.53. The van der Waals surface area contributed by atoms with E-state index in [2.05, 4.69) is 33.7 Å². The zero-order valence-electron chi connectivity index (χ0n) is 13.1. The number of aliphatic hydroxyl groups is 1. The molecule has 0 fully saturated rings. The van der Waals surface area contributed by atoms with Crippen LogP contribution in [0.2, 0.25) is 0 Å². The fourth-order valence-electron chi connectivity index (χ4n) is 2.83. The summed E-state index contributed by atoms with van der Waals surface area (Å²) >= 11 is 0. The number of benzene rings is 2. The molecule has 5 heteroatoms. The van der Waals surface area contributed by atoms with Gasteiger partial charge in [-0.2, -0.15) is 0 Å². The third-order valence-corrected chi connectivity index (χ3v) is 3.98. The van der Waals surface area contributed by atoms with Crippen molar-refractivity contribution in [2.45, 2.75) is 19.4 Å². The van der Waals surface area contributed by atoms with Gasteiger partial charge >= 0.3 is 6.03 Å². The largest absolute Gasteiger partial charge is 0.394 e. The Labute approximate surface area is 135 Å². The fraction of sp³-hybridized carbons (Fsp3) is 0.278. The summed E-state index contributed by atoms with van der Waals surface area (Å²) in [6, 6.07) is 15.5. The summed E-state index contributed by atoms with van der Waals surface area (Å²) in [5.74, 6) is 0. The number of nitrogens with one attached hydrogen (secondary N) is 2. The Morgan fingerprint density at radius 3 is 2.65 bits per heavy atom. The SMILES string of the molecule is C[C@@H](CO)NC(=O)Nc1ccccc1N1CCc2ccccc21. The number of hydrogen-bond donors (Lipinski definition) is 3. The first-order chi connectivity index (χ1) is 11.2. The highest BCUT2D eigenvalue weighted by Crippen LogP contribution is 2.37. The van der Waals surface area contributed by atoms with Gasteiger partial charge < -0.3 is 20.6 Å². The van der Waals surface area contributed by atoms with Crippen LogP contribution in [0.3, 0.4) is 0 Å². The van der Waals surface area contributed by atoms with Gasteiger partial charge in [0.15, 0.2) is 0 Å². The first-order valence-corrected chi connectivity index (χ1v) is 7.82. The standard InChI is InChI=1S/C18H21N3O2/c1-13(12-22)19-18(23)20-15-7-3-5-9-17(15)21-11-10-14-6-2-4-8-16(14)21/h2-9,13,22H,10-12H2,1H3,(H2,19,20,23)/t13-/m0/s1. The van der Waals surface area contributed by atoms with E-state index in [1.54, 1.807) is 6.92 Å². The van der Waals surface area contributed by atoms with Gasteiger partial charge in [0.2, 0.25) is 0 Å². The van der Waals surface area contributed by atoms with E-state index in [1.807, 2.05) is 30.3 Å². The molecule has 0 aliphatic carbocycles. The van der Waals surface area contributed by atoms with Gasteiger partial charge in [-0.3, -0.25) is 0 Å². The van der Waals surface area contributed by atoms with E-state index in [9.17, 15) is 4.79 Å². The van der Waals surface area contributed by atoms with E-state index >= 15 is 0 Å². The minimum Gasteiger partial charge on any atom is -0.394 e. The molecular weight excluding hydrogens is 290 g/mol. The Balaban J connectivity index is 1.83. The van der Waals surface area contributed by atoms with Crippen molar-refractivity contribution in [3.63, 3.8) is 0 Å². The van der Waals surface area contributed by atoms with Crippen LogP contribution in [0.1, 0.15) is 12.5 Å². The summed E-state index contributed by atoms with van der Waals surface area (Å²) in [4.78, 5) is 14.3. The van der Waals surface area contributed by atoms with Crippen molar-refractivity contribution in [2.75, 3.05) is 23.4 Å². The van der Waals surface area contributed by atoms with Crippen LogP contribution in [-0.2, 0) is 6.42 Å². The van der Waals surface area contributed by atoms with Crippen LogP contribution in [0, 0.1) is 0 Å². The van der Waals surface area contributed by atoms with Crippen molar-refractivity contribution < 1.29 is 9.90 Å². The van der Waals surface area contributed by atoms with Gasteiger partial charge in [0.25, 0.3) is 0 Å². The molecule has 1 atom stereocenters. The van der Waals surface area contributed by atoms with Gasteiger partial charge in [0.1, 0.15) is 0 Å². The molecule has 0 spiro atoms. The predicted octanol–water partition coefficient (Wildman–Crippen LogP) is 2.88. The summed E-state index contributed by atoms with van der Waals surface area (Å²) in [6.45, 7) is 2.56. The van der Waals surface area contributed by atoms with Crippen molar-refractivity contribution in [1.29, 1.82) is 0 Å². The maximum Gasteiger partial charge on any atom is 0.319 e. The number of fused-ring (bicyclic) bond motifs is 1. The van der Waals surface area contributed by atoms with E-state index in [0.29, 0.717) is 0 Å². The highest BCUT2D eigenvalue weighted by atomic mass is 16.3. The van der Waals surface area contributed by atoms with Gasteiger partial charge in [-0.15, -0.1) is 0 Å². The molecule has 23 heavy (non-hydrogen) atoms. The van der Waals surface area contributed by atoms with E-state index in [0.717, 1.165) is 24.3 Å². The summed E-state index contributed by atoms with van der Waals surface area (Å²) < 4.78 is 0. The summed E-state index contributed by atoms with van der Waals surface area (Å²) in [6.07, 6.45) is 0.998. The van der Waals surface area contributed by atoms with Crippen LogP contribution >= 0.6 is 0 Å². The molecule has 0 saturated heterocycles. The smallest absolute Gasteiger partial charge is 0.319 e. The maximum absolute atomic E-state index is 12.0. The van der Waals surface area contributed by atoms with Crippen LogP contribution in [-0.4, -0.2) is 30.3 Å². The van der Waals surface area contributed by atoms with Crippen molar-refractivity contribution >= 4 is 23.1 Å². The molecule has 3 rings (SSSR count). The number of anilines is 3. The van der Waals surface area contributed by atoms with Gasteiger partial charge in [0, 0.05) is 12.2 Å². The number of para-hydroxylation sites is 3. The molecule has 1 aliphatic heterocycles. The lowest BCUT2D eigenvalue weighted by Gasteiger charge is -2.23. The zero-order valence-corrected chi connectivity index (χ0v) is 13.1. The third kappa shape index (κ3) is 3.29. The fourth-order valence-corrected chi connectivity index (χ4v) is 2.83. The highest BCUT2D eigenvalue weighted by Gasteiger charge is 2.22. The third-order valence-electron chi connectivity index (χ3n) is 3.98. The molecule has 1 heterocycles. The van der Waals surface area contributed by atoms with Crippen molar-refractivity contribution in [1.82, 2.24) is 5.32 Å².